The third kappa shape index (κ3) is 9.91. The van der Waals surface area contributed by atoms with Gasteiger partial charge in [0, 0.05) is 17.3 Å². The van der Waals surface area contributed by atoms with Gasteiger partial charge < -0.3 is 19.6 Å². The van der Waals surface area contributed by atoms with Gasteiger partial charge in [-0.05, 0) is 108 Å². The third-order valence-electron chi connectivity index (χ3n) is 8.15. The van der Waals surface area contributed by atoms with E-state index >= 15 is 0 Å². The SMILES string of the molecule is COc1ccc(C2CCCCC2)cc1C=N.O=Cc1ccc(OC(=O)c2ccc3cc(OCCCCCCS)ccc3c2)c(F)c1. The van der Waals surface area contributed by atoms with Crippen LogP contribution >= 0.6 is 12.6 Å². The van der Waals surface area contributed by atoms with Crippen LogP contribution in [0.4, 0.5) is 4.39 Å². The number of benzene rings is 4. The number of unbranched alkanes of at least 4 members (excludes halogenated alkanes) is 3. The molecule has 4 aromatic carbocycles. The van der Waals surface area contributed by atoms with Crippen LogP contribution in [0.25, 0.3) is 10.8 Å². The van der Waals surface area contributed by atoms with Crippen molar-refractivity contribution in [2.24, 2.45) is 0 Å². The fourth-order valence-electron chi connectivity index (χ4n) is 5.59. The van der Waals surface area contributed by atoms with E-state index in [0.717, 1.165) is 65.3 Å². The molecule has 0 saturated heterocycles. The van der Waals surface area contributed by atoms with E-state index in [9.17, 15) is 14.0 Å². The van der Waals surface area contributed by atoms with Crippen molar-refractivity contribution in [2.75, 3.05) is 19.5 Å². The number of methoxy groups -OCH3 is 1. The number of rotatable bonds is 13. The number of aldehydes is 1. The van der Waals surface area contributed by atoms with Crippen LogP contribution in [0.3, 0.4) is 0 Å². The van der Waals surface area contributed by atoms with E-state index in [0.29, 0.717) is 24.4 Å². The number of nitrogens with one attached hydrogen (secondary N) is 1. The van der Waals surface area contributed by atoms with Gasteiger partial charge in [0.15, 0.2) is 11.6 Å². The molecule has 0 unspecified atom stereocenters. The lowest BCUT2D eigenvalue weighted by molar-refractivity contribution is 0.0728. The Labute approximate surface area is 276 Å². The first kappa shape index (κ1) is 34.7. The first-order chi connectivity index (χ1) is 22.4. The second-order valence-corrected chi connectivity index (χ2v) is 11.8. The third-order valence-corrected chi connectivity index (χ3v) is 8.47. The largest absolute Gasteiger partial charge is 0.496 e. The van der Waals surface area contributed by atoms with E-state index < -0.39 is 11.8 Å². The Kier molecular flexibility index (Phi) is 13.6. The van der Waals surface area contributed by atoms with Crippen molar-refractivity contribution in [1.82, 2.24) is 0 Å². The average Bonchev–Trinajstić information content (AvgIpc) is 3.10. The van der Waals surface area contributed by atoms with Crippen LogP contribution in [-0.4, -0.2) is 37.9 Å². The maximum absolute atomic E-state index is 13.9. The Morgan fingerprint density at radius 1 is 0.891 bits per heavy atom. The van der Waals surface area contributed by atoms with Crippen molar-refractivity contribution in [3.8, 4) is 17.2 Å². The number of carbonyl (C=O) groups excluding carboxylic acids is 2. The molecule has 0 amide bonds. The maximum Gasteiger partial charge on any atom is 0.343 e. The molecule has 0 aliphatic heterocycles. The summed E-state index contributed by atoms with van der Waals surface area (Å²) >= 11 is 4.21. The standard InChI is InChI=1S/C24H23FO4S.C14H19NO/c25-22-13-17(16-26)5-10-23(22)29-24(27)20-7-6-19-15-21(9-8-18(19)14-20)28-11-3-1-2-4-12-30;1-16-14-8-7-12(9-13(14)10-15)11-5-3-2-4-6-11/h5-10,13-16,30H,1-4,11-12H2;7-11,15H,2-6H2,1H3. The molecule has 6 nitrogen and oxygen atoms in total. The molecule has 0 heterocycles. The second kappa shape index (κ2) is 18.1. The van der Waals surface area contributed by atoms with Crippen molar-refractivity contribution in [2.45, 2.75) is 63.7 Å². The molecule has 0 aromatic heterocycles. The van der Waals surface area contributed by atoms with Gasteiger partial charge in [-0.25, -0.2) is 9.18 Å². The number of thiol groups is 1. The summed E-state index contributed by atoms with van der Waals surface area (Å²) in [6, 6.07) is 20.7. The predicted octanol–water partition coefficient (Wildman–Crippen LogP) is 9.62. The molecule has 0 radical (unpaired) electrons. The van der Waals surface area contributed by atoms with Crippen LogP contribution in [0.15, 0.2) is 72.8 Å². The molecule has 1 aliphatic carbocycles. The van der Waals surface area contributed by atoms with Crippen LogP contribution in [0.1, 0.15) is 95.5 Å². The highest BCUT2D eigenvalue weighted by Gasteiger charge is 2.17. The molecule has 8 heteroatoms. The van der Waals surface area contributed by atoms with Gasteiger partial charge in [-0.15, -0.1) is 0 Å². The monoisotopic (exact) mass is 643 g/mol. The maximum atomic E-state index is 13.9. The highest BCUT2D eigenvalue weighted by atomic mass is 32.1. The molecule has 0 spiro atoms. The van der Waals surface area contributed by atoms with Crippen LogP contribution in [-0.2, 0) is 0 Å². The fraction of sp³-hybridized carbons (Fsp3) is 0.342. The zero-order valence-corrected chi connectivity index (χ0v) is 27.2. The molecule has 5 rings (SSSR count). The molecular formula is C38H42FNO5S. The lowest BCUT2D eigenvalue weighted by Crippen LogP contribution is -2.09. The first-order valence-electron chi connectivity index (χ1n) is 15.9. The van der Waals surface area contributed by atoms with Gasteiger partial charge in [-0.3, -0.25) is 4.79 Å². The Bertz CT molecular complexity index is 1620. The van der Waals surface area contributed by atoms with E-state index in [-0.39, 0.29) is 11.3 Å². The van der Waals surface area contributed by atoms with Gasteiger partial charge in [-0.1, -0.05) is 50.3 Å². The molecule has 46 heavy (non-hydrogen) atoms. The fourth-order valence-corrected chi connectivity index (χ4v) is 5.81. The zero-order chi connectivity index (χ0) is 32.7. The van der Waals surface area contributed by atoms with Crippen molar-refractivity contribution < 1.29 is 28.2 Å². The molecule has 0 bridgehead atoms. The van der Waals surface area contributed by atoms with Crippen LogP contribution in [0.5, 0.6) is 17.2 Å². The molecule has 1 N–H and O–H groups in total. The minimum absolute atomic E-state index is 0.175. The van der Waals surface area contributed by atoms with Gasteiger partial charge >= 0.3 is 5.97 Å². The average molecular weight is 644 g/mol. The minimum Gasteiger partial charge on any atom is -0.496 e. The van der Waals surface area contributed by atoms with Gasteiger partial charge in [0.25, 0.3) is 0 Å². The molecular weight excluding hydrogens is 601 g/mol. The summed E-state index contributed by atoms with van der Waals surface area (Å²) in [6.07, 6.45) is 13.0. The summed E-state index contributed by atoms with van der Waals surface area (Å²) in [5.74, 6) is 1.54. The van der Waals surface area contributed by atoms with E-state index in [1.165, 1.54) is 56.0 Å². The minimum atomic E-state index is -0.763. The number of esters is 1. The summed E-state index contributed by atoms with van der Waals surface area (Å²) in [4.78, 5) is 23.1. The molecule has 1 fully saturated rings. The van der Waals surface area contributed by atoms with Gasteiger partial charge in [-0.2, -0.15) is 12.6 Å². The highest BCUT2D eigenvalue weighted by Crippen LogP contribution is 2.34. The second-order valence-electron chi connectivity index (χ2n) is 11.4. The predicted molar refractivity (Wildman–Crippen MR) is 185 cm³/mol. The van der Waals surface area contributed by atoms with E-state index in [2.05, 4.69) is 24.8 Å². The number of hydrogen-bond donors (Lipinski definition) is 2. The number of fused-ring (bicyclic) bond motifs is 1. The molecule has 1 saturated carbocycles. The van der Waals surface area contributed by atoms with E-state index in [1.807, 2.05) is 24.3 Å². The van der Waals surface area contributed by atoms with Crippen molar-refractivity contribution >= 4 is 41.9 Å². The van der Waals surface area contributed by atoms with Gasteiger partial charge in [0.05, 0.1) is 19.3 Å². The van der Waals surface area contributed by atoms with E-state index in [1.54, 1.807) is 25.3 Å². The lowest BCUT2D eigenvalue weighted by Gasteiger charge is -2.22. The number of hydrogen-bond acceptors (Lipinski definition) is 7. The number of ether oxygens (including phenoxy) is 3. The molecule has 242 valence electrons. The Morgan fingerprint density at radius 3 is 2.35 bits per heavy atom. The summed E-state index contributed by atoms with van der Waals surface area (Å²) in [5, 5.41) is 9.17. The van der Waals surface area contributed by atoms with Gasteiger partial charge in [0.2, 0.25) is 0 Å². The summed E-state index contributed by atoms with van der Waals surface area (Å²) in [5.41, 5.74) is 2.75. The number of halogens is 1. The topological polar surface area (TPSA) is 85.7 Å². The van der Waals surface area contributed by atoms with Crippen LogP contribution in [0.2, 0.25) is 0 Å². The van der Waals surface area contributed by atoms with Crippen molar-refractivity contribution in [1.29, 1.82) is 5.41 Å². The molecule has 4 aromatic rings. The summed E-state index contributed by atoms with van der Waals surface area (Å²) < 4.78 is 30.1. The Hall–Kier alpha value is -4.17. The lowest BCUT2D eigenvalue weighted by atomic mass is 9.83. The molecule has 0 atom stereocenters. The zero-order valence-electron chi connectivity index (χ0n) is 26.3. The Morgan fingerprint density at radius 2 is 1.63 bits per heavy atom. The van der Waals surface area contributed by atoms with Crippen molar-refractivity contribution in [3.63, 3.8) is 0 Å². The van der Waals surface area contributed by atoms with Crippen molar-refractivity contribution in [3.05, 3.63) is 101 Å². The van der Waals surface area contributed by atoms with Crippen LogP contribution < -0.4 is 14.2 Å². The highest BCUT2D eigenvalue weighted by molar-refractivity contribution is 7.80. The summed E-state index contributed by atoms with van der Waals surface area (Å²) in [7, 11) is 1.66. The smallest absolute Gasteiger partial charge is 0.343 e. The quantitative estimate of drug-likeness (QED) is 0.0378. The normalized spacial score (nSPS) is 12.9. The summed E-state index contributed by atoms with van der Waals surface area (Å²) in [6.45, 7) is 0.664. The van der Waals surface area contributed by atoms with Gasteiger partial charge in [0.1, 0.15) is 17.8 Å². The number of carbonyl (C=O) groups is 2. The van der Waals surface area contributed by atoms with Crippen LogP contribution in [0, 0.1) is 11.2 Å². The molecule has 1 aliphatic rings. The Balaban J connectivity index is 0.000000252. The first-order valence-corrected chi connectivity index (χ1v) is 16.5. The van der Waals surface area contributed by atoms with E-state index in [4.69, 9.17) is 19.6 Å².